The lowest BCUT2D eigenvalue weighted by molar-refractivity contribution is 0.0959. The predicted molar refractivity (Wildman–Crippen MR) is 80.1 cm³/mol. The Bertz CT molecular complexity index is 647. The predicted octanol–water partition coefficient (Wildman–Crippen LogP) is 2.84. The maximum absolute atomic E-state index is 12.0. The number of hydrogen-bond acceptors (Lipinski definition) is 3. The minimum Gasteiger partial charge on any atom is -0.341 e. The molecule has 0 bridgehead atoms. The Morgan fingerprint density at radius 2 is 2.05 bits per heavy atom. The highest BCUT2D eigenvalue weighted by Crippen LogP contribution is 2.20. The molecule has 100 valence electrons. The highest BCUT2D eigenvalue weighted by molar-refractivity contribution is 6.30. The van der Waals surface area contributed by atoms with E-state index < -0.39 is 0 Å². The second-order valence-corrected chi connectivity index (χ2v) is 4.35. The number of nitrogens with zero attached hydrogens (tertiary/aromatic N) is 1. The molecule has 0 spiro atoms. The third-order valence-corrected chi connectivity index (χ3v) is 2.76. The van der Waals surface area contributed by atoms with Crippen molar-refractivity contribution < 1.29 is 4.79 Å². The van der Waals surface area contributed by atoms with Gasteiger partial charge in [0.25, 0.3) is 5.91 Å². The quantitative estimate of drug-likeness (QED) is 0.850. The second kappa shape index (κ2) is 6.60. The molecule has 2 aromatic rings. The molecule has 0 atom stereocenters. The SMILES string of the molecule is C#CCNC(=O)c1cccnc1Nc1ccc(Cl)cc1. The Morgan fingerprint density at radius 3 is 2.75 bits per heavy atom. The number of terminal acetylenes is 1. The van der Waals surface area contributed by atoms with Gasteiger partial charge < -0.3 is 10.6 Å². The lowest BCUT2D eigenvalue weighted by Gasteiger charge is -2.10. The maximum Gasteiger partial charge on any atom is 0.255 e. The van der Waals surface area contributed by atoms with Crippen molar-refractivity contribution in [2.75, 3.05) is 11.9 Å². The summed E-state index contributed by atoms with van der Waals surface area (Å²) < 4.78 is 0. The number of pyridine rings is 1. The van der Waals surface area contributed by atoms with Crippen LogP contribution < -0.4 is 10.6 Å². The fraction of sp³-hybridized carbons (Fsp3) is 0.0667. The Morgan fingerprint density at radius 1 is 1.30 bits per heavy atom. The minimum absolute atomic E-state index is 0.175. The zero-order valence-corrected chi connectivity index (χ0v) is 11.3. The van der Waals surface area contributed by atoms with Gasteiger partial charge in [0.1, 0.15) is 5.82 Å². The normalized spacial score (nSPS) is 9.60. The van der Waals surface area contributed by atoms with Crippen molar-refractivity contribution in [3.63, 3.8) is 0 Å². The van der Waals surface area contributed by atoms with Gasteiger partial charge in [0.05, 0.1) is 12.1 Å². The van der Waals surface area contributed by atoms with Crippen molar-refractivity contribution in [1.29, 1.82) is 0 Å². The van der Waals surface area contributed by atoms with Gasteiger partial charge in [-0.05, 0) is 36.4 Å². The number of anilines is 2. The highest BCUT2D eigenvalue weighted by atomic mass is 35.5. The molecule has 1 aromatic heterocycles. The smallest absolute Gasteiger partial charge is 0.255 e. The number of hydrogen-bond donors (Lipinski definition) is 2. The molecule has 0 unspecified atom stereocenters. The summed E-state index contributed by atoms with van der Waals surface area (Å²) >= 11 is 5.83. The largest absolute Gasteiger partial charge is 0.341 e. The summed E-state index contributed by atoms with van der Waals surface area (Å²) in [4.78, 5) is 16.1. The van der Waals surface area contributed by atoms with E-state index in [-0.39, 0.29) is 12.5 Å². The molecule has 1 amide bonds. The molecular weight excluding hydrogens is 274 g/mol. The minimum atomic E-state index is -0.271. The molecule has 1 aromatic carbocycles. The number of amides is 1. The van der Waals surface area contributed by atoms with Gasteiger partial charge in [-0.25, -0.2) is 4.98 Å². The Hall–Kier alpha value is -2.51. The monoisotopic (exact) mass is 285 g/mol. The number of benzene rings is 1. The van der Waals surface area contributed by atoms with Gasteiger partial charge in [-0.15, -0.1) is 6.42 Å². The third-order valence-electron chi connectivity index (χ3n) is 2.51. The first-order valence-corrected chi connectivity index (χ1v) is 6.28. The van der Waals surface area contributed by atoms with E-state index in [2.05, 4.69) is 21.5 Å². The van der Waals surface area contributed by atoms with Crippen molar-refractivity contribution >= 4 is 29.0 Å². The third kappa shape index (κ3) is 3.50. The van der Waals surface area contributed by atoms with Crippen LogP contribution in [-0.4, -0.2) is 17.4 Å². The van der Waals surface area contributed by atoms with Crippen LogP contribution in [0.15, 0.2) is 42.6 Å². The summed E-state index contributed by atoms with van der Waals surface area (Å²) in [5, 5.41) is 6.32. The summed E-state index contributed by atoms with van der Waals surface area (Å²) in [6, 6.07) is 10.5. The summed E-state index contributed by atoms with van der Waals surface area (Å²) in [6.45, 7) is 0.175. The van der Waals surface area contributed by atoms with Gasteiger partial charge in [0.2, 0.25) is 0 Å². The highest BCUT2D eigenvalue weighted by Gasteiger charge is 2.11. The van der Waals surface area contributed by atoms with Crippen LogP contribution in [0.5, 0.6) is 0 Å². The molecule has 0 saturated carbocycles. The summed E-state index contributed by atoms with van der Waals surface area (Å²) in [6.07, 6.45) is 6.73. The second-order valence-electron chi connectivity index (χ2n) is 3.92. The van der Waals surface area contributed by atoms with Gasteiger partial charge in [-0.3, -0.25) is 4.79 Å². The molecule has 0 aliphatic carbocycles. The first kappa shape index (κ1) is 13.9. The zero-order chi connectivity index (χ0) is 14.4. The Balaban J connectivity index is 2.21. The first-order valence-electron chi connectivity index (χ1n) is 5.90. The molecule has 0 saturated heterocycles. The van der Waals surface area contributed by atoms with E-state index in [0.29, 0.717) is 16.4 Å². The van der Waals surface area contributed by atoms with Crippen molar-refractivity contribution in [2.45, 2.75) is 0 Å². The molecular formula is C15H12ClN3O. The standard InChI is InChI=1S/C15H12ClN3O/c1-2-9-18-15(20)13-4-3-10-17-14(13)19-12-7-5-11(16)6-8-12/h1,3-8,10H,9H2,(H,17,19)(H,18,20). The molecule has 5 heteroatoms. The topological polar surface area (TPSA) is 54.0 Å². The van der Waals surface area contributed by atoms with Crippen LogP contribution in [-0.2, 0) is 0 Å². The van der Waals surface area contributed by atoms with Crippen LogP contribution in [0.2, 0.25) is 5.02 Å². The number of halogens is 1. The van der Waals surface area contributed by atoms with Crippen molar-refractivity contribution in [3.8, 4) is 12.3 Å². The van der Waals surface area contributed by atoms with Crippen LogP contribution in [0.4, 0.5) is 11.5 Å². The van der Waals surface area contributed by atoms with Crippen LogP contribution in [0.1, 0.15) is 10.4 Å². The Kier molecular flexibility index (Phi) is 4.59. The molecule has 2 rings (SSSR count). The van der Waals surface area contributed by atoms with Crippen molar-refractivity contribution in [2.24, 2.45) is 0 Å². The van der Waals surface area contributed by atoms with Crippen LogP contribution in [0, 0.1) is 12.3 Å². The lowest BCUT2D eigenvalue weighted by Crippen LogP contribution is -2.24. The van der Waals surface area contributed by atoms with Crippen LogP contribution >= 0.6 is 11.6 Å². The van der Waals surface area contributed by atoms with Gasteiger partial charge in [0, 0.05) is 16.9 Å². The van der Waals surface area contributed by atoms with E-state index in [4.69, 9.17) is 18.0 Å². The molecule has 0 aliphatic heterocycles. The van der Waals surface area contributed by atoms with Gasteiger partial charge in [-0.1, -0.05) is 17.5 Å². The fourth-order valence-electron chi connectivity index (χ4n) is 1.58. The van der Waals surface area contributed by atoms with Gasteiger partial charge >= 0.3 is 0 Å². The van der Waals surface area contributed by atoms with E-state index in [0.717, 1.165) is 5.69 Å². The molecule has 0 radical (unpaired) electrons. The molecule has 4 nitrogen and oxygen atoms in total. The molecule has 20 heavy (non-hydrogen) atoms. The summed E-state index contributed by atoms with van der Waals surface area (Å²) in [7, 11) is 0. The van der Waals surface area contributed by atoms with E-state index in [9.17, 15) is 4.79 Å². The van der Waals surface area contributed by atoms with E-state index in [1.165, 1.54) is 0 Å². The molecule has 1 heterocycles. The lowest BCUT2D eigenvalue weighted by atomic mass is 10.2. The summed E-state index contributed by atoms with van der Waals surface area (Å²) in [5.74, 6) is 2.55. The maximum atomic E-state index is 12.0. The molecule has 2 N–H and O–H groups in total. The van der Waals surface area contributed by atoms with Crippen LogP contribution in [0.25, 0.3) is 0 Å². The van der Waals surface area contributed by atoms with Crippen molar-refractivity contribution in [3.05, 3.63) is 53.2 Å². The molecule has 0 aliphatic rings. The molecule has 0 fully saturated rings. The van der Waals surface area contributed by atoms with Gasteiger partial charge in [0.15, 0.2) is 0 Å². The summed E-state index contributed by atoms with van der Waals surface area (Å²) in [5.41, 5.74) is 1.22. The average molecular weight is 286 g/mol. The van der Waals surface area contributed by atoms with Gasteiger partial charge in [-0.2, -0.15) is 0 Å². The van der Waals surface area contributed by atoms with E-state index in [1.807, 2.05) is 0 Å². The average Bonchev–Trinajstić information content (AvgIpc) is 2.48. The van der Waals surface area contributed by atoms with E-state index >= 15 is 0 Å². The first-order chi connectivity index (χ1) is 9.70. The number of rotatable bonds is 4. The number of aromatic nitrogens is 1. The number of carbonyl (C=O) groups excluding carboxylic acids is 1. The Labute approximate surface area is 122 Å². The number of nitrogens with one attached hydrogen (secondary N) is 2. The van der Waals surface area contributed by atoms with Crippen LogP contribution in [0.3, 0.4) is 0 Å². The number of carbonyl (C=O) groups is 1. The van der Waals surface area contributed by atoms with E-state index in [1.54, 1.807) is 42.6 Å². The zero-order valence-electron chi connectivity index (χ0n) is 10.6. The van der Waals surface area contributed by atoms with Crippen molar-refractivity contribution in [1.82, 2.24) is 10.3 Å². The fourth-order valence-corrected chi connectivity index (χ4v) is 1.71.